The molecule has 0 radical (unpaired) electrons. The molecule has 2 aliphatic rings. The minimum Gasteiger partial charge on any atom is -0.462 e. The Hall–Kier alpha value is -1.58. The molecule has 4 unspecified atom stereocenters. The molecular weight excluding hydrogens is 280 g/mol. The summed E-state index contributed by atoms with van der Waals surface area (Å²) in [6.45, 7) is 4.42. The smallest absolute Gasteiger partial charge is 0.309 e. The van der Waals surface area contributed by atoms with Crippen LogP contribution in [0.1, 0.15) is 39.5 Å². The Labute approximate surface area is 132 Å². The zero-order valence-electron chi connectivity index (χ0n) is 13.5. The van der Waals surface area contributed by atoms with Gasteiger partial charge in [-0.05, 0) is 37.5 Å². The molecule has 0 spiro atoms. The fourth-order valence-electron chi connectivity index (χ4n) is 3.06. The molecule has 122 valence electrons. The van der Waals surface area contributed by atoms with Crippen molar-refractivity contribution in [2.75, 3.05) is 13.2 Å². The molecule has 4 nitrogen and oxygen atoms in total. The summed E-state index contributed by atoms with van der Waals surface area (Å²) >= 11 is 0. The van der Waals surface area contributed by atoms with Crippen molar-refractivity contribution in [2.24, 2.45) is 23.7 Å². The number of rotatable bonds is 5. The fraction of sp³-hybridized carbons (Fsp3) is 0.667. The lowest BCUT2D eigenvalue weighted by Crippen LogP contribution is -2.28. The van der Waals surface area contributed by atoms with Gasteiger partial charge in [0, 0.05) is 0 Å². The molecule has 0 N–H and O–H groups in total. The lowest BCUT2D eigenvalue weighted by molar-refractivity contribution is -0.159. The molecule has 0 aromatic heterocycles. The van der Waals surface area contributed by atoms with Gasteiger partial charge < -0.3 is 9.47 Å². The van der Waals surface area contributed by atoms with E-state index in [-0.39, 0.29) is 37.0 Å². The molecule has 0 aromatic carbocycles. The lowest BCUT2D eigenvalue weighted by Gasteiger charge is -2.24. The van der Waals surface area contributed by atoms with Crippen molar-refractivity contribution in [2.45, 2.75) is 39.5 Å². The van der Waals surface area contributed by atoms with Gasteiger partial charge in [-0.1, -0.05) is 38.2 Å². The van der Waals surface area contributed by atoms with E-state index in [1.54, 1.807) is 0 Å². The molecule has 0 aliphatic heterocycles. The molecule has 4 atom stereocenters. The van der Waals surface area contributed by atoms with Crippen LogP contribution >= 0.6 is 0 Å². The van der Waals surface area contributed by atoms with Crippen molar-refractivity contribution in [3.63, 3.8) is 0 Å². The van der Waals surface area contributed by atoms with E-state index in [4.69, 9.17) is 9.47 Å². The van der Waals surface area contributed by atoms with Crippen LogP contribution in [0, 0.1) is 23.7 Å². The minimum absolute atomic E-state index is 0.0656. The SMILES string of the molecule is CC1CC=CCC1C(=O)OCCOC(=O)C1CC=CCC1C. The fourth-order valence-corrected chi connectivity index (χ4v) is 3.06. The first-order valence-corrected chi connectivity index (χ1v) is 8.23. The topological polar surface area (TPSA) is 52.6 Å². The highest BCUT2D eigenvalue weighted by Crippen LogP contribution is 2.27. The summed E-state index contributed by atoms with van der Waals surface area (Å²) in [5, 5.41) is 0. The Morgan fingerprint density at radius 3 is 1.50 bits per heavy atom. The number of carbonyl (C=O) groups excluding carboxylic acids is 2. The van der Waals surface area contributed by atoms with Crippen LogP contribution in [0.15, 0.2) is 24.3 Å². The van der Waals surface area contributed by atoms with E-state index < -0.39 is 0 Å². The zero-order chi connectivity index (χ0) is 15.9. The Morgan fingerprint density at radius 1 is 0.773 bits per heavy atom. The van der Waals surface area contributed by atoms with Gasteiger partial charge in [0.25, 0.3) is 0 Å². The summed E-state index contributed by atoms with van der Waals surface area (Å²) < 4.78 is 10.5. The summed E-state index contributed by atoms with van der Waals surface area (Å²) in [6.07, 6.45) is 11.6. The van der Waals surface area contributed by atoms with Gasteiger partial charge in [-0.3, -0.25) is 9.59 Å². The van der Waals surface area contributed by atoms with Gasteiger partial charge >= 0.3 is 11.9 Å². The first kappa shape index (κ1) is 16.8. The van der Waals surface area contributed by atoms with E-state index in [1.807, 2.05) is 12.2 Å². The van der Waals surface area contributed by atoms with Crippen LogP contribution in [-0.4, -0.2) is 25.2 Å². The van der Waals surface area contributed by atoms with E-state index in [9.17, 15) is 9.59 Å². The highest BCUT2D eigenvalue weighted by Gasteiger charge is 2.28. The lowest BCUT2D eigenvalue weighted by atomic mass is 9.84. The minimum atomic E-state index is -0.179. The average Bonchev–Trinajstić information content (AvgIpc) is 2.52. The summed E-state index contributed by atoms with van der Waals surface area (Å²) in [5.41, 5.74) is 0. The van der Waals surface area contributed by atoms with Crippen molar-refractivity contribution in [3.05, 3.63) is 24.3 Å². The van der Waals surface area contributed by atoms with Crippen molar-refractivity contribution >= 4 is 11.9 Å². The third-order valence-electron chi connectivity index (χ3n) is 4.68. The van der Waals surface area contributed by atoms with E-state index in [0.29, 0.717) is 11.8 Å². The second kappa shape index (κ2) is 8.16. The monoisotopic (exact) mass is 306 g/mol. The van der Waals surface area contributed by atoms with Gasteiger partial charge in [0.05, 0.1) is 11.8 Å². The van der Waals surface area contributed by atoms with Crippen LogP contribution in [0.3, 0.4) is 0 Å². The average molecular weight is 306 g/mol. The van der Waals surface area contributed by atoms with Crippen molar-refractivity contribution in [1.29, 1.82) is 0 Å². The predicted octanol–water partition coefficient (Wildman–Crippen LogP) is 3.28. The quantitative estimate of drug-likeness (QED) is 0.444. The first-order chi connectivity index (χ1) is 10.6. The van der Waals surface area contributed by atoms with Crippen LogP contribution in [-0.2, 0) is 19.1 Å². The first-order valence-electron chi connectivity index (χ1n) is 8.23. The Kier molecular flexibility index (Phi) is 6.22. The Balaban J connectivity index is 1.66. The highest BCUT2D eigenvalue weighted by atomic mass is 16.6. The van der Waals surface area contributed by atoms with E-state index in [2.05, 4.69) is 26.0 Å². The number of allylic oxidation sites excluding steroid dienone is 4. The Bertz CT molecular complexity index is 410. The summed E-state index contributed by atoms with van der Waals surface area (Å²) in [7, 11) is 0. The van der Waals surface area contributed by atoms with Crippen LogP contribution in [0.25, 0.3) is 0 Å². The molecule has 0 heterocycles. The van der Waals surface area contributed by atoms with Gasteiger partial charge in [-0.15, -0.1) is 0 Å². The molecule has 22 heavy (non-hydrogen) atoms. The number of carbonyl (C=O) groups is 2. The highest BCUT2D eigenvalue weighted by molar-refractivity contribution is 5.74. The number of esters is 2. The number of ether oxygens (including phenoxy) is 2. The zero-order valence-corrected chi connectivity index (χ0v) is 13.5. The summed E-state index contributed by atoms with van der Waals surface area (Å²) in [5.74, 6) is 0.141. The van der Waals surface area contributed by atoms with Gasteiger partial charge in [0.15, 0.2) is 0 Å². The van der Waals surface area contributed by atoms with Gasteiger partial charge in [0.2, 0.25) is 0 Å². The molecular formula is C18H26O4. The number of hydrogen-bond donors (Lipinski definition) is 0. The summed E-state index contributed by atoms with van der Waals surface area (Å²) in [6, 6.07) is 0. The van der Waals surface area contributed by atoms with Crippen LogP contribution in [0.5, 0.6) is 0 Å². The van der Waals surface area contributed by atoms with Gasteiger partial charge in [-0.25, -0.2) is 0 Å². The van der Waals surface area contributed by atoms with Crippen molar-refractivity contribution < 1.29 is 19.1 Å². The molecule has 0 amide bonds. The Morgan fingerprint density at radius 2 is 1.14 bits per heavy atom. The maximum absolute atomic E-state index is 12.0. The van der Waals surface area contributed by atoms with Gasteiger partial charge in [-0.2, -0.15) is 0 Å². The molecule has 0 aromatic rings. The second-order valence-corrected chi connectivity index (χ2v) is 6.39. The van der Waals surface area contributed by atoms with Crippen LogP contribution < -0.4 is 0 Å². The molecule has 0 bridgehead atoms. The molecule has 2 aliphatic carbocycles. The van der Waals surface area contributed by atoms with E-state index in [1.165, 1.54) is 0 Å². The largest absolute Gasteiger partial charge is 0.462 e. The van der Waals surface area contributed by atoms with Crippen LogP contribution in [0.4, 0.5) is 0 Å². The standard InChI is InChI=1S/C18H26O4/c1-13-7-3-5-9-15(13)17(19)21-11-12-22-18(20)16-10-6-4-8-14(16)2/h3-6,13-16H,7-12H2,1-2H3. The van der Waals surface area contributed by atoms with Crippen molar-refractivity contribution in [3.8, 4) is 0 Å². The maximum atomic E-state index is 12.0. The van der Waals surface area contributed by atoms with E-state index in [0.717, 1.165) is 25.7 Å². The molecule has 0 saturated carbocycles. The molecule has 0 saturated heterocycles. The second-order valence-electron chi connectivity index (χ2n) is 6.39. The molecule has 4 heteroatoms. The number of hydrogen-bond acceptors (Lipinski definition) is 4. The normalized spacial score (nSPS) is 30.8. The van der Waals surface area contributed by atoms with Gasteiger partial charge in [0.1, 0.15) is 13.2 Å². The maximum Gasteiger partial charge on any atom is 0.309 e. The third kappa shape index (κ3) is 4.46. The molecule has 2 rings (SSSR count). The summed E-state index contributed by atoms with van der Waals surface area (Å²) in [4.78, 5) is 24.0. The third-order valence-corrected chi connectivity index (χ3v) is 4.68. The van der Waals surface area contributed by atoms with E-state index >= 15 is 0 Å². The predicted molar refractivity (Wildman–Crippen MR) is 84.0 cm³/mol. The van der Waals surface area contributed by atoms with Crippen LogP contribution in [0.2, 0.25) is 0 Å². The van der Waals surface area contributed by atoms with Crippen molar-refractivity contribution in [1.82, 2.24) is 0 Å². The molecule has 0 fully saturated rings.